The maximum absolute atomic E-state index is 5.39. The Balaban J connectivity index is 2.78. The Morgan fingerprint density at radius 2 is 2.25 bits per heavy atom. The van der Waals surface area contributed by atoms with Gasteiger partial charge in [-0.05, 0) is 25.0 Å². The van der Waals surface area contributed by atoms with Crippen molar-refractivity contribution in [3.8, 4) is 5.75 Å². The fraction of sp³-hybridized carbons (Fsp3) is 0.400. The third-order valence-corrected chi connectivity index (χ3v) is 1.84. The van der Waals surface area contributed by atoms with E-state index in [1.54, 1.807) is 0 Å². The number of ether oxygens (including phenoxy) is 1. The molecule has 0 aromatic heterocycles. The summed E-state index contributed by atoms with van der Waals surface area (Å²) in [6, 6.07) is 6.92. The van der Waals surface area contributed by atoms with Gasteiger partial charge in [-0.1, -0.05) is 12.1 Å². The van der Waals surface area contributed by atoms with E-state index in [0.717, 1.165) is 11.3 Å². The van der Waals surface area contributed by atoms with Crippen LogP contribution in [0.3, 0.4) is 0 Å². The molecule has 0 amide bonds. The van der Waals surface area contributed by atoms with Gasteiger partial charge in [-0.3, -0.25) is 0 Å². The highest BCUT2D eigenvalue weighted by Crippen LogP contribution is 2.19. The minimum Gasteiger partial charge on any atom is -0.491 e. The van der Waals surface area contributed by atoms with Crippen molar-refractivity contribution in [1.29, 1.82) is 0 Å². The van der Waals surface area contributed by atoms with Gasteiger partial charge in [0, 0.05) is 12.6 Å². The Kier molecular flexibility index (Phi) is 3.11. The topological polar surface area (TPSA) is 35.2 Å². The standard InChI is InChI=1S/C10H14NO/c1-8-4-3-5-10(9(8)2)12-7-6-11/h3-4H,6-7,11H2,1-2H3. The van der Waals surface area contributed by atoms with E-state index >= 15 is 0 Å². The first kappa shape index (κ1) is 9.07. The van der Waals surface area contributed by atoms with Gasteiger partial charge in [-0.15, -0.1) is 0 Å². The summed E-state index contributed by atoms with van der Waals surface area (Å²) < 4.78 is 5.39. The number of hydrogen-bond donors (Lipinski definition) is 1. The van der Waals surface area contributed by atoms with Crippen LogP contribution in [0.15, 0.2) is 12.1 Å². The molecule has 2 N–H and O–H groups in total. The molecule has 0 atom stereocenters. The minimum atomic E-state index is 0.543. The maximum Gasteiger partial charge on any atom is 0.130 e. The van der Waals surface area contributed by atoms with E-state index in [-0.39, 0.29) is 0 Å². The highest BCUT2D eigenvalue weighted by atomic mass is 16.5. The van der Waals surface area contributed by atoms with Crippen LogP contribution in [0.1, 0.15) is 11.1 Å². The predicted molar refractivity (Wildman–Crippen MR) is 49.3 cm³/mol. The molecule has 0 aliphatic carbocycles. The largest absolute Gasteiger partial charge is 0.491 e. The Labute approximate surface area is 73.3 Å². The lowest BCUT2D eigenvalue weighted by atomic mass is 10.1. The molecule has 1 radical (unpaired) electrons. The van der Waals surface area contributed by atoms with Crippen LogP contribution in [-0.4, -0.2) is 13.2 Å². The zero-order valence-corrected chi connectivity index (χ0v) is 7.55. The quantitative estimate of drug-likeness (QED) is 0.733. The fourth-order valence-corrected chi connectivity index (χ4v) is 0.966. The molecule has 0 heterocycles. The van der Waals surface area contributed by atoms with E-state index in [4.69, 9.17) is 10.5 Å². The van der Waals surface area contributed by atoms with Gasteiger partial charge >= 0.3 is 0 Å². The zero-order valence-electron chi connectivity index (χ0n) is 7.55. The van der Waals surface area contributed by atoms with Gasteiger partial charge in [-0.25, -0.2) is 0 Å². The molecule has 1 aromatic carbocycles. The predicted octanol–water partition coefficient (Wildman–Crippen LogP) is 1.44. The van der Waals surface area contributed by atoms with Gasteiger partial charge in [-0.2, -0.15) is 0 Å². The highest BCUT2D eigenvalue weighted by molar-refractivity contribution is 5.37. The van der Waals surface area contributed by atoms with Gasteiger partial charge in [0.2, 0.25) is 0 Å². The second-order valence-corrected chi connectivity index (χ2v) is 2.75. The van der Waals surface area contributed by atoms with Crippen LogP contribution in [0.5, 0.6) is 5.75 Å². The minimum absolute atomic E-state index is 0.543. The van der Waals surface area contributed by atoms with Crippen molar-refractivity contribution in [2.75, 3.05) is 13.2 Å². The van der Waals surface area contributed by atoms with Crippen molar-refractivity contribution in [3.05, 3.63) is 29.3 Å². The van der Waals surface area contributed by atoms with Crippen LogP contribution >= 0.6 is 0 Å². The lowest BCUT2D eigenvalue weighted by Crippen LogP contribution is -2.11. The van der Waals surface area contributed by atoms with Gasteiger partial charge in [0.1, 0.15) is 12.4 Å². The van der Waals surface area contributed by atoms with Gasteiger partial charge in [0.15, 0.2) is 0 Å². The first-order chi connectivity index (χ1) is 5.75. The first-order valence-electron chi connectivity index (χ1n) is 4.06. The molecular formula is C10H14NO. The van der Waals surface area contributed by atoms with Crippen LogP contribution in [0.2, 0.25) is 0 Å². The Morgan fingerprint density at radius 3 is 2.92 bits per heavy atom. The maximum atomic E-state index is 5.39. The summed E-state index contributed by atoms with van der Waals surface area (Å²) in [5.41, 5.74) is 7.69. The Morgan fingerprint density at radius 1 is 1.50 bits per heavy atom. The van der Waals surface area contributed by atoms with Crippen molar-refractivity contribution >= 4 is 0 Å². The molecule has 12 heavy (non-hydrogen) atoms. The summed E-state index contributed by atoms with van der Waals surface area (Å²) in [4.78, 5) is 0. The van der Waals surface area contributed by atoms with Crippen LogP contribution in [-0.2, 0) is 0 Å². The van der Waals surface area contributed by atoms with E-state index in [2.05, 4.69) is 13.0 Å². The molecule has 2 heteroatoms. The lowest BCUT2D eigenvalue weighted by Gasteiger charge is -2.08. The van der Waals surface area contributed by atoms with E-state index in [0.29, 0.717) is 13.2 Å². The summed E-state index contributed by atoms with van der Waals surface area (Å²) in [6.07, 6.45) is 0. The van der Waals surface area contributed by atoms with Gasteiger partial charge in [0.25, 0.3) is 0 Å². The Hall–Kier alpha value is -1.02. The number of benzene rings is 1. The van der Waals surface area contributed by atoms with Crippen LogP contribution in [0, 0.1) is 19.9 Å². The molecule has 0 spiro atoms. The third-order valence-electron chi connectivity index (χ3n) is 1.84. The average Bonchev–Trinajstić information content (AvgIpc) is 2.08. The number of rotatable bonds is 3. The number of aryl methyl sites for hydroxylation is 1. The van der Waals surface area contributed by atoms with Crippen molar-refractivity contribution in [3.63, 3.8) is 0 Å². The number of nitrogens with two attached hydrogens (primary N) is 1. The molecule has 0 aliphatic heterocycles. The highest BCUT2D eigenvalue weighted by Gasteiger charge is 2.00. The fourth-order valence-electron chi connectivity index (χ4n) is 0.966. The second kappa shape index (κ2) is 4.12. The normalized spacial score (nSPS) is 9.92. The monoisotopic (exact) mass is 164 g/mol. The second-order valence-electron chi connectivity index (χ2n) is 2.75. The van der Waals surface area contributed by atoms with E-state index in [9.17, 15) is 0 Å². The molecule has 1 rings (SSSR count). The molecule has 0 aliphatic rings. The molecule has 0 bridgehead atoms. The summed E-state index contributed by atoms with van der Waals surface area (Å²) >= 11 is 0. The first-order valence-corrected chi connectivity index (χ1v) is 4.06. The molecule has 0 unspecified atom stereocenters. The van der Waals surface area contributed by atoms with Crippen LogP contribution in [0.4, 0.5) is 0 Å². The number of hydrogen-bond acceptors (Lipinski definition) is 2. The third kappa shape index (κ3) is 1.98. The average molecular weight is 164 g/mol. The zero-order chi connectivity index (χ0) is 8.97. The molecule has 0 fully saturated rings. The van der Waals surface area contributed by atoms with Crippen molar-refractivity contribution < 1.29 is 4.74 Å². The van der Waals surface area contributed by atoms with Crippen LogP contribution in [0.25, 0.3) is 0 Å². The van der Waals surface area contributed by atoms with Crippen molar-refractivity contribution in [1.82, 2.24) is 0 Å². The smallest absolute Gasteiger partial charge is 0.130 e. The molecule has 0 saturated carbocycles. The molecular weight excluding hydrogens is 150 g/mol. The van der Waals surface area contributed by atoms with Gasteiger partial charge < -0.3 is 10.5 Å². The van der Waals surface area contributed by atoms with Crippen LogP contribution < -0.4 is 10.5 Å². The molecule has 0 saturated heterocycles. The molecule has 1 aromatic rings. The molecule has 65 valence electrons. The summed E-state index contributed by atoms with van der Waals surface area (Å²) in [5, 5.41) is 0. The summed E-state index contributed by atoms with van der Waals surface area (Å²) in [6.45, 7) is 5.18. The van der Waals surface area contributed by atoms with E-state index < -0.39 is 0 Å². The van der Waals surface area contributed by atoms with Crippen molar-refractivity contribution in [2.45, 2.75) is 13.8 Å². The summed E-state index contributed by atoms with van der Waals surface area (Å²) in [5.74, 6) is 0.820. The lowest BCUT2D eigenvalue weighted by molar-refractivity contribution is 0.325. The van der Waals surface area contributed by atoms with E-state index in [1.807, 2.05) is 19.1 Å². The Bertz CT molecular complexity index is 258. The van der Waals surface area contributed by atoms with Crippen molar-refractivity contribution in [2.24, 2.45) is 5.73 Å². The van der Waals surface area contributed by atoms with E-state index in [1.165, 1.54) is 5.56 Å². The van der Waals surface area contributed by atoms with Gasteiger partial charge in [0.05, 0.1) is 0 Å². The summed E-state index contributed by atoms with van der Waals surface area (Å²) in [7, 11) is 0. The molecule has 2 nitrogen and oxygen atoms in total. The SMILES string of the molecule is Cc1cc[c]c(OCCN)c1C.